The average Bonchev–Trinajstić information content (AvgIpc) is 3.65. The third-order valence-corrected chi connectivity index (χ3v) is 12.6. The van der Waals surface area contributed by atoms with Crippen molar-refractivity contribution in [1.29, 1.82) is 0 Å². The summed E-state index contributed by atoms with van der Waals surface area (Å²) in [4.78, 5) is 0. The summed E-state index contributed by atoms with van der Waals surface area (Å²) < 4.78 is 2.79. The molecular formula is C49H32S. The predicted octanol–water partition coefficient (Wildman–Crippen LogP) is 14.3. The molecule has 0 fully saturated rings. The molecule has 1 aromatic heterocycles. The Morgan fingerprint density at radius 2 is 1.00 bits per heavy atom. The lowest BCUT2D eigenvalue weighted by molar-refractivity contribution is 0.667. The van der Waals surface area contributed by atoms with E-state index in [1.807, 2.05) is 11.3 Å². The Bertz CT molecular complexity index is 3000. The molecule has 1 heteroatoms. The molecule has 234 valence electrons. The zero-order chi connectivity index (χ0) is 33.1. The van der Waals surface area contributed by atoms with Crippen LogP contribution in [0.15, 0.2) is 158 Å². The zero-order valence-corrected chi connectivity index (χ0v) is 28.7. The second kappa shape index (κ2) is 10.1. The Labute approximate surface area is 294 Å². The number of thiophene rings is 1. The van der Waals surface area contributed by atoms with E-state index in [4.69, 9.17) is 0 Å². The first-order valence-electron chi connectivity index (χ1n) is 17.5. The molecule has 10 aromatic rings. The Hall–Kier alpha value is -5.76. The predicted molar refractivity (Wildman–Crippen MR) is 218 cm³/mol. The Kier molecular flexibility index (Phi) is 5.70. The molecule has 0 saturated heterocycles. The van der Waals surface area contributed by atoms with Crippen LogP contribution in [0.1, 0.15) is 25.0 Å². The van der Waals surface area contributed by atoms with Gasteiger partial charge in [-0.3, -0.25) is 0 Å². The molecule has 1 heterocycles. The minimum absolute atomic E-state index is 0.147. The highest BCUT2D eigenvalue weighted by Gasteiger charge is 2.38. The molecule has 0 aliphatic heterocycles. The number of fused-ring (bicyclic) bond motifs is 12. The van der Waals surface area contributed by atoms with Gasteiger partial charge in [-0.05, 0) is 99.7 Å². The van der Waals surface area contributed by atoms with Crippen LogP contribution in [0, 0.1) is 0 Å². The summed E-state index contributed by atoms with van der Waals surface area (Å²) in [6.45, 7) is 4.87. The third kappa shape index (κ3) is 3.71. The maximum atomic E-state index is 2.51. The van der Waals surface area contributed by atoms with Crippen molar-refractivity contribution >= 4 is 74.6 Å². The lowest BCUT2D eigenvalue weighted by atomic mass is 9.80. The van der Waals surface area contributed by atoms with Crippen molar-refractivity contribution < 1.29 is 0 Å². The van der Waals surface area contributed by atoms with Gasteiger partial charge in [0.15, 0.2) is 0 Å². The summed E-state index contributed by atoms with van der Waals surface area (Å²) in [6.07, 6.45) is 0. The molecule has 0 amide bonds. The molecule has 9 aromatic carbocycles. The van der Waals surface area contributed by atoms with Crippen molar-refractivity contribution in [3.8, 4) is 33.4 Å². The smallest absolute Gasteiger partial charge is 0.0402 e. The molecular weight excluding hydrogens is 621 g/mol. The van der Waals surface area contributed by atoms with E-state index in [2.05, 4.69) is 172 Å². The molecule has 0 unspecified atom stereocenters. The molecule has 11 rings (SSSR count). The number of hydrogen-bond acceptors (Lipinski definition) is 1. The molecule has 0 nitrogen and oxygen atoms in total. The molecule has 0 N–H and O–H groups in total. The maximum Gasteiger partial charge on any atom is 0.0402 e. The Morgan fingerprint density at radius 3 is 1.72 bits per heavy atom. The normalized spacial score (nSPS) is 13.6. The second-order valence-corrected chi connectivity index (χ2v) is 15.4. The molecule has 50 heavy (non-hydrogen) atoms. The second-order valence-electron chi connectivity index (χ2n) is 14.4. The van der Waals surface area contributed by atoms with E-state index in [-0.39, 0.29) is 5.41 Å². The fraction of sp³-hybridized carbons (Fsp3) is 0.0612. The van der Waals surface area contributed by atoms with Crippen LogP contribution in [0.25, 0.3) is 96.6 Å². The summed E-state index contributed by atoms with van der Waals surface area (Å²) in [6, 6.07) is 59.0. The number of rotatable bonds is 2. The van der Waals surface area contributed by atoms with Crippen molar-refractivity contribution in [2.24, 2.45) is 0 Å². The molecule has 1 aliphatic rings. The minimum atomic E-state index is -0.147. The van der Waals surface area contributed by atoms with Crippen LogP contribution >= 0.6 is 11.3 Å². The SMILES string of the molecule is CC1(C)c2cc(-c3c4ccccc4c(-c4cccc5ccccc45)c4ccccc34)ccc2-c2ccc3c(sc4ccc5ccccc5c43)c21. The van der Waals surface area contributed by atoms with Crippen LogP contribution in [-0.2, 0) is 5.41 Å². The van der Waals surface area contributed by atoms with E-state index in [0.717, 1.165) is 0 Å². The first kappa shape index (κ1) is 28.1. The fourth-order valence-corrected chi connectivity index (χ4v) is 10.6. The van der Waals surface area contributed by atoms with Gasteiger partial charge in [-0.15, -0.1) is 11.3 Å². The molecule has 0 bridgehead atoms. The van der Waals surface area contributed by atoms with E-state index < -0.39 is 0 Å². The quantitative estimate of drug-likeness (QED) is 0.163. The van der Waals surface area contributed by atoms with Crippen LogP contribution in [-0.4, -0.2) is 0 Å². The lowest BCUT2D eigenvalue weighted by Gasteiger charge is -2.23. The van der Waals surface area contributed by atoms with Gasteiger partial charge < -0.3 is 0 Å². The van der Waals surface area contributed by atoms with E-state index in [1.54, 1.807) is 0 Å². The number of benzene rings is 9. The lowest BCUT2D eigenvalue weighted by Crippen LogP contribution is -2.15. The van der Waals surface area contributed by atoms with E-state index in [9.17, 15) is 0 Å². The van der Waals surface area contributed by atoms with Gasteiger partial charge in [0.05, 0.1) is 0 Å². The molecule has 0 radical (unpaired) electrons. The van der Waals surface area contributed by atoms with E-state index in [1.165, 1.54) is 108 Å². The van der Waals surface area contributed by atoms with Crippen LogP contribution in [0.3, 0.4) is 0 Å². The van der Waals surface area contributed by atoms with Crippen LogP contribution < -0.4 is 0 Å². The zero-order valence-electron chi connectivity index (χ0n) is 27.9. The third-order valence-electron chi connectivity index (χ3n) is 11.4. The van der Waals surface area contributed by atoms with E-state index >= 15 is 0 Å². The van der Waals surface area contributed by atoms with Gasteiger partial charge in [0.2, 0.25) is 0 Å². The van der Waals surface area contributed by atoms with Crippen molar-refractivity contribution in [2.45, 2.75) is 19.3 Å². The van der Waals surface area contributed by atoms with Crippen molar-refractivity contribution in [3.05, 3.63) is 169 Å². The highest BCUT2D eigenvalue weighted by Crippen LogP contribution is 2.56. The van der Waals surface area contributed by atoms with Crippen molar-refractivity contribution in [3.63, 3.8) is 0 Å². The summed E-state index contributed by atoms with van der Waals surface area (Å²) >= 11 is 1.96. The van der Waals surface area contributed by atoms with Gasteiger partial charge >= 0.3 is 0 Å². The average molecular weight is 653 g/mol. The molecule has 0 atom stereocenters. The monoisotopic (exact) mass is 652 g/mol. The maximum absolute atomic E-state index is 2.51. The van der Waals surface area contributed by atoms with Gasteiger partial charge in [0, 0.05) is 25.6 Å². The largest absolute Gasteiger partial charge is 0.135 e. The van der Waals surface area contributed by atoms with Crippen molar-refractivity contribution in [1.82, 2.24) is 0 Å². The van der Waals surface area contributed by atoms with Crippen LogP contribution in [0.4, 0.5) is 0 Å². The highest BCUT2D eigenvalue weighted by molar-refractivity contribution is 7.26. The highest BCUT2D eigenvalue weighted by atomic mass is 32.1. The topological polar surface area (TPSA) is 0 Å². The summed E-state index contributed by atoms with van der Waals surface area (Å²) in [5.74, 6) is 0. The molecule has 0 spiro atoms. The Morgan fingerprint density at radius 1 is 0.420 bits per heavy atom. The first-order valence-corrected chi connectivity index (χ1v) is 18.3. The van der Waals surface area contributed by atoms with Crippen LogP contribution in [0.2, 0.25) is 0 Å². The van der Waals surface area contributed by atoms with Gasteiger partial charge in [0.1, 0.15) is 0 Å². The van der Waals surface area contributed by atoms with E-state index in [0.29, 0.717) is 0 Å². The minimum Gasteiger partial charge on any atom is -0.135 e. The van der Waals surface area contributed by atoms with Gasteiger partial charge in [-0.2, -0.15) is 0 Å². The first-order chi connectivity index (χ1) is 24.6. The summed E-state index contributed by atoms with van der Waals surface area (Å²) in [5.41, 5.74) is 10.6. The van der Waals surface area contributed by atoms with Gasteiger partial charge in [-0.25, -0.2) is 0 Å². The standard InChI is InChI=1S/C49H32S/c1-49(2)42-28-31(22-24-34(42)40-25-26-41-46-33-16-6-4-13-30(33)23-27-43(46)50-48(41)47(40)49)44-36-17-7-9-19-38(36)45(39-20-10-8-18-37(39)44)35-21-11-14-29-12-3-5-15-32(29)35/h3-28H,1-2H3. The fourth-order valence-electron chi connectivity index (χ4n) is 9.21. The number of hydrogen-bond donors (Lipinski definition) is 0. The summed E-state index contributed by atoms with van der Waals surface area (Å²) in [7, 11) is 0. The van der Waals surface area contributed by atoms with Crippen molar-refractivity contribution in [2.75, 3.05) is 0 Å². The van der Waals surface area contributed by atoms with Crippen LogP contribution in [0.5, 0.6) is 0 Å². The molecule has 1 aliphatic carbocycles. The molecule has 0 saturated carbocycles. The Balaban J connectivity index is 1.16. The summed E-state index contributed by atoms with van der Waals surface area (Å²) in [5, 5.41) is 13.1. The van der Waals surface area contributed by atoms with Gasteiger partial charge in [-0.1, -0.05) is 159 Å². The van der Waals surface area contributed by atoms with Gasteiger partial charge in [0.25, 0.3) is 0 Å².